The Labute approximate surface area is 116 Å². The van der Waals surface area contributed by atoms with Gasteiger partial charge in [-0.15, -0.1) is 0 Å². The Kier molecular flexibility index (Phi) is 4.83. The zero-order valence-electron chi connectivity index (χ0n) is 12.3. The fraction of sp³-hybridized carbons (Fsp3) is 0.625. The van der Waals surface area contributed by atoms with Gasteiger partial charge < -0.3 is 10.5 Å². The largest absolute Gasteiger partial charge is 0.494 e. The number of hydrogen-bond donors (Lipinski definition) is 1. The van der Waals surface area contributed by atoms with E-state index in [1.807, 2.05) is 6.92 Å². The molecule has 19 heavy (non-hydrogen) atoms. The molecule has 1 fully saturated rings. The summed E-state index contributed by atoms with van der Waals surface area (Å²) in [6.45, 7) is 9.47. The summed E-state index contributed by atoms with van der Waals surface area (Å²) in [6.07, 6.45) is 1.09. The van der Waals surface area contributed by atoms with Crippen molar-refractivity contribution in [1.29, 1.82) is 0 Å². The van der Waals surface area contributed by atoms with Crippen molar-refractivity contribution in [3.63, 3.8) is 0 Å². The van der Waals surface area contributed by atoms with Crippen LogP contribution in [-0.4, -0.2) is 30.6 Å². The molecule has 106 valence electrons. The molecule has 0 spiro atoms. The monoisotopic (exact) mass is 262 g/mol. The molecular formula is C16H26N2O. The molecule has 3 heteroatoms. The van der Waals surface area contributed by atoms with Crippen LogP contribution in [-0.2, 0) is 0 Å². The second kappa shape index (κ2) is 6.40. The fourth-order valence-corrected chi connectivity index (χ4v) is 2.94. The fourth-order valence-electron chi connectivity index (χ4n) is 2.94. The summed E-state index contributed by atoms with van der Waals surface area (Å²) in [5, 5.41) is 0. The van der Waals surface area contributed by atoms with Gasteiger partial charge in [0.05, 0.1) is 6.61 Å². The molecule has 1 aromatic carbocycles. The minimum Gasteiger partial charge on any atom is -0.494 e. The van der Waals surface area contributed by atoms with E-state index in [2.05, 4.69) is 43.0 Å². The Hall–Kier alpha value is -1.06. The van der Waals surface area contributed by atoms with Crippen LogP contribution in [0.1, 0.15) is 38.8 Å². The summed E-state index contributed by atoms with van der Waals surface area (Å²) in [5.41, 5.74) is 7.61. The Bertz CT molecular complexity index is 388. The van der Waals surface area contributed by atoms with Crippen LogP contribution < -0.4 is 10.5 Å². The number of nitrogens with two attached hydrogens (primary N) is 1. The van der Waals surface area contributed by atoms with Crippen molar-refractivity contribution in [3.8, 4) is 5.75 Å². The second-order valence-electron chi connectivity index (χ2n) is 5.79. The molecule has 0 radical (unpaired) electrons. The lowest BCUT2D eigenvalue weighted by Crippen LogP contribution is -2.33. The molecule has 2 atom stereocenters. The molecule has 0 aliphatic carbocycles. The third-order valence-electron chi connectivity index (χ3n) is 3.68. The topological polar surface area (TPSA) is 38.5 Å². The van der Waals surface area contributed by atoms with Gasteiger partial charge in [0.15, 0.2) is 0 Å². The average Bonchev–Trinajstić information content (AvgIpc) is 2.71. The molecule has 1 aliphatic heterocycles. The first-order chi connectivity index (χ1) is 9.11. The molecule has 2 unspecified atom stereocenters. The molecule has 0 bridgehead atoms. The van der Waals surface area contributed by atoms with Gasteiger partial charge in [-0.3, -0.25) is 4.90 Å². The summed E-state index contributed by atoms with van der Waals surface area (Å²) in [4.78, 5) is 2.52. The van der Waals surface area contributed by atoms with E-state index in [1.165, 1.54) is 5.56 Å². The lowest BCUT2D eigenvalue weighted by molar-refractivity contribution is 0.221. The molecule has 0 amide bonds. The highest BCUT2D eigenvalue weighted by Crippen LogP contribution is 2.32. The van der Waals surface area contributed by atoms with Gasteiger partial charge in [-0.25, -0.2) is 0 Å². The third-order valence-corrected chi connectivity index (χ3v) is 3.68. The third kappa shape index (κ3) is 3.48. The van der Waals surface area contributed by atoms with Crippen LogP contribution in [0.5, 0.6) is 5.75 Å². The van der Waals surface area contributed by atoms with Gasteiger partial charge in [0, 0.05) is 25.2 Å². The normalized spacial score (nSPS) is 24.1. The predicted octanol–water partition coefficient (Wildman–Crippen LogP) is 2.82. The van der Waals surface area contributed by atoms with Crippen LogP contribution in [0.4, 0.5) is 0 Å². The van der Waals surface area contributed by atoms with E-state index in [4.69, 9.17) is 10.5 Å². The van der Waals surface area contributed by atoms with Gasteiger partial charge in [0.1, 0.15) is 5.75 Å². The molecular weight excluding hydrogens is 236 g/mol. The Balaban J connectivity index is 2.12. The number of ether oxygens (including phenoxy) is 1. The molecule has 1 heterocycles. The summed E-state index contributed by atoms with van der Waals surface area (Å²) < 4.78 is 5.50. The van der Waals surface area contributed by atoms with Crippen molar-refractivity contribution in [3.05, 3.63) is 29.8 Å². The van der Waals surface area contributed by atoms with Gasteiger partial charge >= 0.3 is 0 Å². The van der Waals surface area contributed by atoms with Crippen LogP contribution in [0.3, 0.4) is 0 Å². The molecule has 0 aromatic heterocycles. The van der Waals surface area contributed by atoms with E-state index < -0.39 is 0 Å². The zero-order chi connectivity index (χ0) is 13.8. The molecule has 2 N–H and O–H groups in total. The van der Waals surface area contributed by atoms with Crippen LogP contribution in [0.2, 0.25) is 0 Å². The van der Waals surface area contributed by atoms with Crippen LogP contribution >= 0.6 is 0 Å². The first-order valence-corrected chi connectivity index (χ1v) is 7.34. The maximum absolute atomic E-state index is 6.30. The van der Waals surface area contributed by atoms with Crippen molar-refractivity contribution >= 4 is 0 Å². The predicted molar refractivity (Wildman–Crippen MR) is 79.4 cm³/mol. The van der Waals surface area contributed by atoms with Crippen LogP contribution in [0, 0.1) is 5.92 Å². The second-order valence-corrected chi connectivity index (χ2v) is 5.79. The van der Waals surface area contributed by atoms with Crippen molar-refractivity contribution < 1.29 is 4.74 Å². The summed E-state index contributed by atoms with van der Waals surface area (Å²) in [6, 6.07) is 9.03. The average molecular weight is 262 g/mol. The zero-order valence-corrected chi connectivity index (χ0v) is 12.3. The van der Waals surface area contributed by atoms with E-state index in [0.29, 0.717) is 18.6 Å². The highest BCUT2D eigenvalue weighted by atomic mass is 16.5. The molecule has 1 aromatic rings. The van der Waals surface area contributed by atoms with Crippen LogP contribution in [0.15, 0.2) is 24.3 Å². The summed E-state index contributed by atoms with van der Waals surface area (Å²) >= 11 is 0. The van der Waals surface area contributed by atoms with Crippen LogP contribution in [0.25, 0.3) is 0 Å². The van der Waals surface area contributed by atoms with Gasteiger partial charge in [-0.1, -0.05) is 26.0 Å². The maximum Gasteiger partial charge on any atom is 0.119 e. The van der Waals surface area contributed by atoms with Crippen molar-refractivity contribution in [2.45, 2.75) is 39.3 Å². The highest BCUT2D eigenvalue weighted by Gasteiger charge is 2.32. The summed E-state index contributed by atoms with van der Waals surface area (Å²) in [5.74, 6) is 1.61. The van der Waals surface area contributed by atoms with Gasteiger partial charge in [0.25, 0.3) is 0 Å². The Morgan fingerprint density at radius 3 is 2.58 bits per heavy atom. The Morgan fingerprint density at radius 2 is 2.00 bits per heavy atom. The smallest absolute Gasteiger partial charge is 0.119 e. The minimum absolute atomic E-state index is 0.247. The highest BCUT2D eigenvalue weighted by molar-refractivity contribution is 5.30. The van der Waals surface area contributed by atoms with Gasteiger partial charge in [0.2, 0.25) is 0 Å². The number of benzene rings is 1. The number of likely N-dealkylation sites (tertiary alicyclic amines) is 1. The van der Waals surface area contributed by atoms with E-state index in [-0.39, 0.29) is 6.04 Å². The van der Waals surface area contributed by atoms with E-state index >= 15 is 0 Å². The molecule has 3 nitrogen and oxygen atoms in total. The maximum atomic E-state index is 6.30. The van der Waals surface area contributed by atoms with E-state index in [9.17, 15) is 0 Å². The van der Waals surface area contributed by atoms with Crippen molar-refractivity contribution in [2.75, 3.05) is 19.7 Å². The number of nitrogens with zero attached hydrogens (tertiary/aromatic N) is 1. The van der Waals surface area contributed by atoms with Crippen molar-refractivity contribution in [2.24, 2.45) is 11.7 Å². The van der Waals surface area contributed by atoms with E-state index in [1.54, 1.807) is 0 Å². The minimum atomic E-state index is 0.247. The number of hydrogen-bond acceptors (Lipinski definition) is 3. The lowest BCUT2D eigenvalue weighted by atomic mass is 10.00. The first kappa shape index (κ1) is 14.4. The van der Waals surface area contributed by atoms with E-state index in [0.717, 1.165) is 25.3 Å². The summed E-state index contributed by atoms with van der Waals surface area (Å²) in [7, 11) is 0. The Morgan fingerprint density at radius 1 is 1.32 bits per heavy atom. The van der Waals surface area contributed by atoms with Crippen molar-refractivity contribution in [1.82, 2.24) is 4.90 Å². The first-order valence-electron chi connectivity index (χ1n) is 7.34. The van der Waals surface area contributed by atoms with Gasteiger partial charge in [-0.2, -0.15) is 0 Å². The van der Waals surface area contributed by atoms with Gasteiger partial charge in [-0.05, 0) is 37.0 Å². The molecule has 1 aliphatic rings. The standard InChI is InChI=1S/C16H26N2O/c1-4-19-14-7-5-13(6-8-14)16-15(17)9-10-18(16)11-12(2)3/h5-8,12,15-16H,4,9-11,17H2,1-3H3. The lowest BCUT2D eigenvalue weighted by Gasteiger charge is -2.28. The molecule has 2 rings (SSSR count). The molecule has 1 saturated heterocycles. The quantitative estimate of drug-likeness (QED) is 0.887. The molecule has 0 saturated carbocycles. The SMILES string of the molecule is CCOc1ccc(C2C(N)CCN2CC(C)C)cc1. The number of rotatable bonds is 5.